The summed E-state index contributed by atoms with van der Waals surface area (Å²) in [6, 6.07) is 5.42. The van der Waals surface area contributed by atoms with Crippen LogP contribution in [0.5, 0.6) is 0 Å². The van der Waals surface area contributed by atoms with E-state index in [1.165, 1.54) is 13.0 Å². The molecule has 36 heavy (non-hydrogen) atoms. The van der Waals surface area contributed by atoms with E-state index in [2.05, 4.69) is 26.4 Å². The van der Waals surface area contributed by atoms with E-state index in [9.17, 15) is 24.4 Å². The minimum atomic E-state index is -0.600. The first kappa shape index (κ1) is 28.2. The van der Waals surface area contributed by atoms with Crippen LogP contribution in [0.2, 0.25) is 0 Å². The second-order valence-corrected chi connectivity index (χ2v) is 10.7. The highest BCUT2D eigenvalue weighted by atomic mass is 32.2. The zero-order valence-electron chi connectivity index (χ0n) is 20.8. The van der Waals surface area contributed by atoms with Gasteiger partial charge in [0.15, 0.2) is 12.1 Å². The molecular formula is C25H37N5O5S. The molecule has 0 aliphatic carbocycles. The van der Waals surface area contributed by atoms with Crippen LogP contribution in [-0.2, 0) is 16.1 Å². The Bertz CT molecular complexity index is 930. The molecule has 2 fully saturated rings. The number of hydrogen-bond acceptors (Lipinski definition) is 9. The number of thioether (sulfide) groups is 1. The van der Waals surface area contributed by atoms with Crippen molar-refractivity contribution >= 4 is 35.0 Å². The molecule has 0 bridgehead atoms. The van der Waals surface area contributed by atoms with Crippen LogP contribution in [0.3, 0.4) is 0 Å². The maximum atomic E-state index is 12.1. The van der Waals surface area contributed by atoms with Gasteiger partial charge in [0.25, 0.3) is 0 Å². The molecule has 198 valence electrons. The van der Waals surface area contributed by atoms with Crippen molar-refractivity contribution in [3.05, 3.63) is 34.2 Å². The molecule has 11 heteroatoms. The van der Waals surface area contributed by atoms with Crippen molar-refractivity contribution < 1.29 is 19.5 Å². The van der Waals surface area contributed by atoms with E-state index in [1.807, 2.05) is 11.8 Å². The summed E-state index contributed by atoms with van der Waals surface area (Å²) in [5, 5.41) is 25.1. The summed E-state index contributed by atoms with van der Waals surface area (Å²) in [6.07, 6.45) is 5.60. The predicted octanol–water partition coefficient (Wildman–Crippen LogP) is 2.46. The number of unbranched alkanes of at least 4 members (excludes halogenated alkanes) is 3. The third-order valence-electron chi connectivity index (χ3n) is 6.62. The number of benzene rings is 1. The summed E-state index contributed by atoms with van der Waals surface area (Å²) < 4.78 is 0. The second kappa shape index (κ2) is 14.4. The number of carbonyl (C=O) groups excluding carboxylic acids is 3. The molecule has 2 heterocycles. The molecule has 2 amide bonds. The monoisotopic (exact) mass is 519 g/mol. The summed E-state index contributed by atoms with van der Waals surface area (Å²) >= 11 is 1.93. The van der Waals surface area contributed by atoms with Crippen LogP contribution in [0.4, 0.5) is 5.69 Å². The zero-order chi connectivity index (χ0) is 25.9. The Balaban J connectivity index is 1.17. The molecule has 3 rings (SSSR count). The van der Waals surface area contributed by atoms with Crippen LogP contribution in [0, 0.1) is 4.91 Å². The first-order valence-electron chi connectivity index (χ1n) is 12.7. The number of fused-ring (bicyclic) bond motifs is 1. The summed E-state index contributed by atoms with van der Waals surface area (Å²) in [7, 11) is 0. The summed E-state index contributed by atoms with van der Waals surface area (Å²) in [5.74, 6) is 0.771. The van der Waals surface area contributed by atoms with E-state index < -0.39 is 6.35 Å². The quantitative estimate of drug-likeness (QED) is 0.135. The van der Waals surface area contributed by atoms with Crippen LogP contribution >= 0.6 is 11.8 Å². The Morgan fingerprint density at radius 2 is 1.81 bits per heavy atom. The number of aliphatic hydroxyl groups excluding tert-OH is 1. The van der Waals surface area contributed by atoms with E-state index in [0.29, 0.717) is 42.3 Å². The van der Waals surface area contributed by atoms with Gasteiger partial charge in [0.05, 0.1) is 0 Å². The van der Waals surface area contributed by atoms with Gasteiger partial charge in [-0.1, -0.05) is 18.9 Å². The number of nitrogens with zero attached hydrogens (tertiary/aromatic N) is 1. The van der Waals surface area contributed by atoms with Crippen molar-refractivity contribution in [1.29, 1.82) is 0 Å². The fourth-order valence-electron chi connectivity index (χ4n) is 4.65. The van der Waals surface area contributed by atoms with Gasteiger partial charge in [-0.25, -0.2) is 0 Å². The largest absolute Gasteiger partial charge is 0.365 e. The Hall–Kier alpha value is -2.34. The SMILES string of the molecule is CC(=O)c1ccc(CNC(=O)CCCCCNC(=O)CCCC[C@H]2SC[C@H]3NC(O)N[C@H]32)cc1N=O. The number of amides is 2. The van der Waals surface area contributed by atoms with Crippen molar-refractivity contribution in [1.82, 2.24) is 21.3 Å². The van der Waals surface area contributed by atoms with Gasteiger partial charge < -0.3 is 15.7 Å². The van der Waals surface area contributed by atoms with Gasteiger partial charge >= 0.3 is 0 Å². The minimum Gasteiger partial charge on any atom is -0.365 e. The van der Waals surface area contributed by atoms with Gasteiger partial charge in [-0.15, -0.1) is 4.91 Å². The van der Waals surface area contributed by atoms with Crippen molar-refractivity contribution in [3.8, 4) is 0 Å². The average molecular weight is 520 g/mol. The molecule has 10 nitrogen and oxygen atoms in total. The highest BCUT2D eigenvalue weighted by molar-refractivity contribution is 8.00. The fourth-order valence-corrected chi connectivity index (χ4v) is 6.22. The Kier molecular flexibility index (Phi) is 11.3. The number of Topliss-reactive ketones (excluding diaryl/α,β-unsaturated/α-hetero) is 1. The van der Waals surface area contributed by atoms with Crippen molar-refractivity contribution in [2.75, 3.05) is 12.3 Å². The molecule has 0 spiro atoms. The number of aliphatic hydroxyl groups is 1. The number of carbonyl (C=O) groups is 3. The Morgan fingerprint density at radius 3 is 2.56 bits per heavy atom. The maximum Gasteiger partial charge on any atom is 0.220 e. The van der Waals surface area contributed by atoms with Gasteiger partial charge in [-0.2, -0.15) is 11.8 Å². The van der Waals surface area contributed by atoms with Gasteiger partial charge in [0.2, 0.25) is 11.8 Å². The standard InChI is InChI=1S/C25H37N5O5S/c1-16(31)18-11-10-17(13-19(18)30-35)14-27-23(33)8-3-2-6-12-26-22(32)9-5-4-7-21-24-20(15-36-21)28-25(34)29-24/h10-11,13,20-21,24-25,28-29,34H,2-9,12,14-15H2,1H3,(H,26,32)(H,27,33)/t20-,21-,24-,25?/m1/s1. The van der Waals surface area contributed by atoms with Crippen molar-refractivity contribution in [2.24, 2.45) is 5.18 Å². The highest BCUT2D eigenvalue weighted by Gasteiger charge is 2.42. The van der Waals surface area contributed by atoms with E-state index in [4.69, 9.17) is 0 Å². The van der Waals surface area contributed by atoms with Gasteiger partial charge in [0.1, 0.15) is 5.69 Å². The molecule has 5 N–H and O–H groups in total. The molecule has 1 unspecified atom stereocenters. The van der Waals surface area contributed by atoms with E-state index >= 15 is 0 Å². The predicted molar refractivity (Wildman–Crippen MR) is 140 cm³/mol. The topological polar surface area (TPSA) is 149 Å². The maximum absolute atomic E-state index is 12.1. The Morgan fingerprint density at radius 1 is 1.06 bits per heavy atom. The van der Waals surface area contributed by atoms with Gasteiger partial charge in [-0.05, 0) is 55.5 Å². The first-order chi connectivity index (χ1) is 17.4. The average Bonchev–Trinajstić information content (AvgIpc) is 3.41. The lowest BCUT2D eigenvalue weighted by molar-refractivity contribution is -0.122. The third-order valence-corrected chi connectivity index (χ3v) is 8.13. The second-order valence-electron chi connectivity index (χ2n) is 9.42. The molecule has 4 atom stereocenters. The van der Waals surface area contributed by atoms with Gasteiger partial charge in [-0.3, -0.25) is 25.0 Å². The van der Waals surface area contributed by atoms with E-state index in [1.54, 1.807) is 12.1 Å². The van der Waals surface area contributed by atoms with Gasteiger partial charge in [0, 0.05) is 54.6 Å². The number of nitroso groups, excluding NO2 is 1. The zero-order valence-corrected chi connectivity index (χ0v) is 21.6. The van der Waals surface area contributed by atoms with Crippen LogP contribution in [0.25, 0.3) is 0 Å². The van der Waals surface area contributed by atoms with E-state index in [0.717, 1.165) is 44.3 Å². The first-order valence-corrected chi connectivity index (χ1v) is 13.7. The molecular weight excluding hydrogens is 482 g/mol. The van der Waals surface area contributed by atoms with Crippen LogP contribution in [0.15, 0.2) is 23.4 Å². The number of rotatable bonds is 15. The minimum absolute atomic E-state index is 0.0701. The molecule has 2 aliphatic rings. The van der Waals surface area contributed by atoms with Crippen LogP contribution in [0.1, 0.15) is 74.2 Å². The molecule has 2 aliphatic heterocycles. The summed E-state index contributed by atoms with van der Waals surface area (Å²) in [6.45, 7) is 2.26. The summed E-state index contributed by atoms with van der Waals surface area (Å²) in [5.41, 5.74) is 1.07. The summed E-state index contributed by atoms with van der Waals surface area (Å²) in [4.78, 5) is 46.5. The van der Waals surface area contributed by atoms with E-state index in [-0.39, 0.29) is 35.4 Å². The number of nitrogens with one attached hydrogen (secondary N) is 4. The molecule has 1 aromatic carbocycles. The normalized spacial score (nSPS) is 22.7. The molecule has 1 aromatic rings. The third kappa shape index (κ3) is 8.65. The lowest BCUT2D eigenvalue weighted by Crippen LogP contribution is -2.38. The molecule has 0 saturated carbocycles. The number of ketones is 1. The van der Waals surface area contributed by atoms with Crippen molar-refractivity contribution in [3.63, 3.8) is 0 Å². The fraction of sp³-hybridized carbons (Fsp3) is 0.640. The lowest BCUT2D eigenvalue weighted by Gasteiger charge is -2.17. The van der Waals surface area contributed by atoms with Crippen molar-refractivity contribution in [2.45, 2.75) is 88.5 Å². The van der Waals surface area contributed by atoms with Crippen LogP contribution < -0.4 is 21.3 Å². The highest BCUT2D eigenvalue weighted by Crippen LogP contribution is 2.33. The Labute approximate surface area is 216 Å². The lowest BCUT2D eigenvalue weighted by atomic mass is 10.0. The number of hydrogen-bond donors (Lipinski definition) is 5. The molecule has 2 saturated heterocycles. The smallest absolute Gasteiger partial charge is 0.220 e. The molecule has 0 aromatic heterocycles. The molecule has 0 radical (unpaired) electrons. The van der Waals surface area contributed by atoms with Crippen LogP contribution in [-0.4, -0.2) is 58.7 Å².